The minimum Gasteiger partial charge on any atom is -0.459 e. The second-order valence-electron chi connectivity index (χ2n) is 3.44. The van der Waals surface area contributed by atoms with Crippen LogP contribution in [0.5, 0.6) is 0 Å². The fourth-order valence-electron chi connectivity index (χ4n) is 0.492. The summed E-state index contributed by atoms with van der Waals surface area (Å²) < 4.78 is 5.58. The van der Waals surface area contributed by atoms with Crippen LogP contribution in [0.25, 0.3) is 0 Å². The second-order valence-corrected chi connectivity index (χ2v) is 3.44. The molecule has 0 aliphatic carbocycles. The zero-order chi connectivity index (χ0) is 8.91. The van der Waals surface area contributed by atoms with E-state index in [1.807, 2.05) is 21.1 Å². The summed E-state index contributed by atoms with van der Waals surface area (Å²) in [5, 5.41) is 0. The molecule has 4 nitrogen and oxygen atoms in total. The van der Waals surface area contributed by atoms with E-state index < -0.39 is 0 Å². The summed E-state index contributed by atoms with van der Waals surface area (Å²) in [7, 11) is 6.11. The van der Waals surface area contributed by atoms with Crippen LogP contribution in [-0.2, 0) is 9.53 Å². The van der Waals surface area contributed by atoms with Crippen LogP contribution in [0.4, 0.5) is 0 Å². The molecular weight excluding hydrogens is 144 g/mol. The molecule has 66 valence electrons. The van der Waals surface area contributed by atoms with Gasteiger partial charge >= 0.3 is 5.97 Å². The number of hydrogen-bond acceptors (Lipinski definition) is 3. The van der Waals surface area contributed by atoms with Crippen molar-refractivity contribution in [2.45, 2.75) is 0 Å². The highest BCUT2D eigenvalue weighted by molar-refractivity contribution is 5.71. The highest BCUT2D eigenvalue weighted by Crippen LogP contribution is 1.89. The molecule has 0 aromatic carbocycles. The number of carbonyl (C=O) groups is 1. The third-order valence-electron chi connectivity index (χ3n) is 1.19. The van der Waals surface area contributed by atoms with Gasteiger partial charge < -0.3 is 15.0 Å². The molecule has 2 N–H and O–H groups in total. The first kappa shape index (κ1) is 10.4. The zero-order valence-corrected chi connectivity index (χ0v) is 7.46. The lowest BCUT2D eigenvalue weighted by atomic mass is 10.5. The molecule has 0 aromatic heterocycles. The van der Waals surface area contributed by atoms with E-state index in [1.165, 1.54) is 0 Å². The smallest absolute Gasteiger partial charge is 0.319 e. The molecule has 0 atom stereocenters. The van der Waals surface area contributed by atoms with Gasteiger partial charge in [0, 0.05) is 0 Å². The minimum absolute atomic E-state index is 0.0306. The van der Waals surface area contributed by atoms with E-state index >= 15 is 0 Å². The molecule has 11 heavy (non-hydrogen) atoms. The number of quaternary nitrogens is 1. The fourth-order valence-corrected chi connectivity index (χ4v) is 0.492. The Balaban J connectivity index is 3.35. The molecule has 4 heteroatoms. The van der Waals surface area contributed by atoms with Gasteiger partial charge in [-0.15, -0.1) is 0 Å². The molecule has 0 radical (unpaired) electrons. The zero-order valence-electron chi connectivity index (χ0n) is 7.46. The van der Waals surface area contributed by atoms with Crippen LogP contribution in [0.15, 0.2) is 0 Å². The number of likely N-dealkylation sites (N-methyl/N-ethyl adjacent to an activating group) is 1. The van der Waals surface area contributed by atoms with Crippen molar-refractivity contribution in [1.82, 2.24) is 0 Å². The maximum absolute atomic E-state index is 10.5. The van der Waals surface area contributed by atoms with Gasteiger partial charge in [0.05, 0.1) is 27.7 Å². The Hall–Kier alpha value is -0.610. The molecule has 0 saturated heterocycles. The number of nitrogens with zero attached hydrogens (tertiary/aromatic N) is 1. The van der Waals surface area contributed by atoms with Gasteiger partial charge in [-0.3, -0.25) is 4.79 Å². The standard InChI is InChI=1S/C7H17N2O2/c1-9(2,3)4-5-11-7(10)6-8/h4-6,8H2,1-3H3/q+1. The fraction of sp³-hybridized carbons (Fsp3) is 0.857. The van der Waals surface area contributed by atoms with Crippen LogP contribution in [0.2, 0.25) is 0 Å². The highest BCUT2D eigenvalue weighted by Gasteiger charge is 2.07. The molecule has 0 unspecified atom stereocenters. The summed E-state index contributed by atoms with van der Waals surface area (Å²) >= 11 is 0. The normalized spacial score (nSPS) is 11.3. The third kappa shape index (κ3) is 7.29. The molecule has 0 bridgehead atoms. The van der Waals surface area contributed by atoms with Gasteiger partial charge in [0.1, 0.15) is 13.2 Å². The number of esters is 1. The van der Waals surface area contributed by atoms with E-state index in [0.29, 0.717) is 6.61 Å². The van der Waals surface area contributed by atoms with Gasteiger partial charge in [0.15, 0.2) is 0 Å². The lowest BCUT2D eigenvalue weighted by Crippen LogP contribution is -2.38. The van der Waals surface area contributed by atoms with Crippen molar-refractivity contribution in [3.63, 3.8) is 0 Å². The van der Waals surface area contributed by atoms with Crippen LogP contribution in [-0.4, -0.2) is 51.3 Å². The number of nitrogens with two attached hydrogens (primary N) is 1. The predicted octanol–water partition coefficient (Wildman–Crippen LogP) is -0.805. The van der Waals surface area contributed by atoms with Gasteiger partial charge in [0.25, 0.3) is 0 Å². The topological polar surface area (TPSA) is 52.3 Å². The summed E-state index contributed by atoms with van der Waals surface area (Å²) in [6, 6.07) is 0. The number of hydrogen-bond donors (Lipinski definition) is 1. The van der Waals surface area contributed by atoms with Crippen molar-refractivity contribution < 1.29 is 14.0 Å². The molecule has 0 aliphatic heterocycles. The van der Waals surface area contributed by atoms with E-state index in [9.17, 15) is 4.79 Å². The van der Waals surface area contributed by atoms with Gasteiger partial charge in [0.2, 0.25) is 0 Å². The average Bonchev–Trinajstić information content (AvgIpc) is 1.85. The lowest BCUT2D eigenvalue weighted by Gasteiger charge is -2.23. The first-order valence-electron chi connectivity index (χ1n) is 3.62. The largest absolute Gasteiger partial charge is 0.459 e. The molecule has 0 heterocycles. The Morgan fingerprint density at radius 2 is 2.00 bits per heavy atom. The number of ether oxygens (including phenoxy) is 1. The number of rotatable bonds is 4. The van der Waals surface area contributed by atoms with E-state index in [4.69, 9.17) is 10.5 Å². The molecule has 0 saturated carbocycles. The first-order valence-corrected chi connectivity index (χ1v) is 3.62. The summed E-state index contributed by atoms with van der Waals surface area (Å²) in [6.07, 6.45) is 0. The van der Waals surface area contributed by atoms with Gasteiger partial charge in [-0.2, -0.15) is 0 Å². The highest BCUT2D eigenvalue weighted by atomic mass is 16.5. The van der Waals surface area contributed by atoms with Crippen molar-refractivity contribution in [3.05, 3.63) is 0 Å². The maximum atomic E-state index is 10.5. The van der Waals surface area contributed by atoms with E-state index in [1.54, 1.807) is 0 Å². The summed E-state index contributed by atoms with van der Waals surface area (Å²) in [5.74, 6) is -0.335. The first-order chi connectivity index (χ1) is 4.95. The molecule has 0 rings (SSSR count). The molecule has 0 aromatic rings. The third-order valence-corrected chi connectivity index (χ3v) is 1.19. The molecule has 0 amide bonds. The van der Waals surface area contributed by atoms with Crippen molar-refractivity contribution in [3.8, 4) is 0 Å². The Morgan fingerprint density at radius 1 is 1.45 bits per heavy atom. The molecular formula is C7H17N2O2+. The number of carbonyl (C=O) groups excluding carboxylic acids is 1. The minimum atomic E-state index is -0.335. The van der Waals surface area contributed by atoms with Crippen LogP contribution in [0, 0.1) is 0 Å². The Bertz CT molecular complexity index is 129. The van der Waals surface area contributed by atoms with Gasteiger partial charge in [-0.1, -0.05) is 0 Å². The second kappa shape index (κ2) is 4.31. The van der Waals surface area contributed by atoms with Gasteiger partial charge in [-0.05, 0) is 0 Å². The monoisotopic (exact) mass is 161 g/mol. The van der Waals surface area contributed by atoms with Crippen LogP contribution >= 0.6 is 0 Å². The maximum Gasteiger partial charge on any atom is 0.319 e. The summed E-state index contributed by atoms with van der Waals surface area (Å²) in [5.41, 5.74) is 5.04. The van der Waals surface area contributed by atoms with Crippen molar-refractivity contribution >= 4 is 5.97 Å². The van der Waals surface area contributed by atoms with Crippen molar-refractivity contribution in [2.75, 3.05) is 40.8 Å². The van der Waals surface area contributed by atoms with Crippen LogP contribution in [0.3, 0.4) is 0 Å². The van der Waals surface area contributed by atoms with Crippen molar-refractivity contribution in [2.24, 2.45) is 5.73 Å². The Kier molecular flexibility index (Phi) is 4.07. The van der Waals surface area contributed by atoms with Crippen molar-refractivity contribution in [1.29, 1.82) is 0 Å². The van der Waals surface area contributed by atoms with E-state index in [-0.39, 0.29) is 12.5 Å². The van der Waals surface area contributed by atoms with Gasteiger partial charge in [-0.25, -0.2) is 0 Å². The summed E-state index contributed by atoms with van der Waals surface area (Å²) in [4.78, 5) is 10.5. The van der Waals surface area contributed by atoms with E-state index in [0.717, 1.165) is 11.0 Å². The summed E-state index contributed by atoms with van der Waals surface area (Å²) in [6.45, 7) is 1.22. The Labute approximate surface area is 67.5 Å². The predicted molar refractivity (Wildman–Crippen MR) is 42.9 cm³/mol. The lowest BCUT2D eigenvalue weighted by molar-refractivity contribution is -0.870. The van der Waals surface area contributed by atoms with Crippen LogP contribution < -0.4 is 5.73 Å². The quantitative estimate of drug-likeness (QED) is 0.433. The molecule has 0 spiro atoms. The molecule has 0 fully saturated rings. The van der Waals surface area contributed by atoms with Crippen LogP contribution in [0.1, 0.15) is 0 Å². The Morgan fingerprint density at radius 3 is 2.36 bits per heavy atom. The SMILES string of the molecule is C[N+](C)(C)CCOC(=O)CN. The average molecular weight is 161 g/mol. The molecule has 0 aliphatic rings. The van der Waals surface area contributed by atoms with E-state index in [2.05, 4.69) is 0 Å².